The molecule has 6 nitrogen and oxygen atoms in total. The molecule has 3 aromatic rings. The molecule has 2 heterocycles. The monoisotopic (exact) mass is 347 g/mol. The van der Waals surface area contributed by atoms with Gasteiger partial charge in [0.1, 0.15) is 5.69 Å². The summed E-state index contributed by atoms with van der Waals surface area (Å²) in [6.07, 6.45) is 0.439. The maximum absolute atomic E-state index is 12.5. The summed E-state index contributed by atoms with van der Waals surface area (Å²) in [4.78, 5) is 15.9. The minimum absolute atomic E-state index is 0.102. The molecule has 0 radical (unpaired) electrons. The van der Waals surface area contributed by atoms with Crippen molar-refractivity contribution in [3.05, 3.63) is 71.8 Å². The van der Waals surface area contributed by atoms with Gasteiger partial charge in [0.05, 0.1) is 24.0 Å². The van der Waals surface area contributed by atoms with Crippen LogP contribution in [0, 0.1) is 0 Å². The SMILES string of the molecule is O=C(NCc1cn(-c2ccncc2)nn1)c1ccc(C(F)(F)F)cc1. The molecule has 0 spiro atoms. The van der Waals surface area contributed by atoms with Crippen LogP contribution in [0.2, 0.25) is 0 Å². The molecule has 0 aliphatic carbocycles. The number of alkyl halides is 3. The number of nitrogens with one attached hydrogen (secondary N) is 1. The van der Waals surface area contributed by atoms with Crippen molar-refractivity contribution >= 4 is 5.91 Å². The first-order chi connectivity index (χ1) is 11.9. The predicted octanol–water partition coefficient (Wildman–Crippen LogP) is 2.61. The number of halogens is 3. The molecule has 2 aromatic heterocycles. The van der Waals surface area contributed by atoms with E-state index in [-0.39, 0.29) is 12.1 Å². The summed E-state index contributed by atoms with van der Waals surface area (Å²) in [5.74, 6) is -0.493. The molecule has 0 atom stereocenters. The number of hydrogen-bond acceptors (Lipinski definition) is 4. The largest absolute Gasteiger partial charge is 0.416 e. The number of nitrogens with zero attached hydrogens (tertiary/aromatic N) is 4. The summed E-state index contributed by atoms with van der Waals surface area (Å²) in [6.45, 7) is 0.102. The van der Waals surface area contributed by atoms with Gasteiger partial charge >= 0.3 is 6.18 Å². The molecule has 1 amide bonds. The van der Waals surface area contributed by atoms with Crippen LogP contribution in [-0.2, 0) is 12.7 Å². The van der Waals surface area contributed by atoms with Crippen LogP contribution in [0.5, 0.6) is 0 Å². The van der Waals surface area contributed by atoms with Gasteiger partial charge in [-0.25, -0.2) is 4.68 Å². The highest BCUT2D eigenvalue weighted by molar-refractivity contribution is 5.94. The molecular weight excluding hydrogens is 335 g/mol. The first-order valence-corrected chi connectivity index (χ1v) is 7.20. The van der Waals surface area contributed by atoms with Crippen LogP contribution < -0.4 is 5.32 Å². The van der Waals surface area contributed by atoms with Crippen LogP contribution in [0.25, 0.3) is 5.69 Å². The second kappa shape index (κ2) is 6.71. The third-order valence-electron chi connectivity index (χ3n) is 3.37. The van der Waals surface area contributed by atoms with Gasteiger partial charge in [-0.3, -0.25) is 9.78 Å². The number of carbonyl (C=O) groups excluding carboxylic acids is 1. The highest BCUT2D eigenvalue weighted by Gasteiger charge is 2.30. The Morgan fingerprint density at radius 3 is 2.40 bits per heavy atom. The Bertz CT molecular complexity index is 859. The number of carbonyl (C=O) groups is 1. The Kier molecular flexibility index (Phi) is 4.46. The highest BCUT2D eigenvalue weighted by atomic mass is 19.4. The predicted molar refractivity (Wildman–Crippen MR) is 81.8 cm³/mol. The average molecular weight is 347 g/mol. The number of rotatable bonds is 4. The molecule has 0 unspecified atom stereocenters. The van der Waals surface area contributed by atoms with Gasteiger partial charge in [-0.2, -0.15) is 13.2 Å². The standard InChI is InChI=1S/C16H12F3N5O/c17-16(18,19)12-3-1-11(2-4-12)15(25)21-9-13-10-24(23-22-13)14-5-7-20-8-6-14/h1-8,10H,9H2,(H,21,25). The van der Waals surface area contributed by atoms with Crippen molar-refractivity contribution in [2.24, 2.45) is 0 Å². The van der Waals surface area contributed by atoms with Crippen molar-refractivity contribution in [1.82, 2.24) is 25.3 Å². The summed E-state index contributed by atoms with van der Waals surface area (Å²) >= 11 is 0. The van der Waals surface area contributed by atoms with E-state index in [1.165, 1.54) is 4.68 Å². The number of pyridine rings is 1. The van der Waals surface area contributed by atoms with E-state index in [0.29, 0.717) is 5.69 Å². The Labute approximate surface area is 140 Å². The van der Waals surface area contributed by atoms with Crippen LogP contribution in [0.1, 0.15) is 21.6 Å². The number of amides is 1. The van der Waals surface area contributed by atoms with Crippen LogP contribution in [0.3, 0.4) is 0 Å². The molecule has 1 N–H and O–H groups in total. The topological polar surface area (TPSA) is 72.7 Å². The fraction of sp³-hybridized carbons (Fsp3) is 0.125. The Balaban J connectivity index is 1.62. The summed E-state index contributed by atoms with van der Waals surface area (Å²) in [6, 6.07) is 7.50. The maximum Gasteiger partial charge on any atom is 0.416 e. The molecular formula is C16H12F3N5O. The van der Waals surface area contributed by atoms with Crippen molar-refractivity contribution in [3.63, 3.8) is 0 Å². The minimum Gasteiger partial charge on any atom is -0.346 e. The van der Waals surface area contributed by atoms with E-state index in [1.54, 1.807) is 30.7 Å². The normalized spacial score (nSPS) is 11.3. The van der Waals surface area contributed by atoms with Crippen LogP contribution >= 0.6 is 0 Å². The quantitative estimate of drug-likeness (QED) is 0.787. The van der Waals surface area contributed by atoms with Crippen molar-refractivity contribution in [2.45, 2.75) is 12.7 Å². The Morgan fingerprint density at radius 1 is 1.08 bits per heavy atom. The lowest BCUT2D eigenvalue weighted by atomic mass is 10.1. The van der Waals surface area contributed by atoms with Gasteiger partial charge in [0, 0.05) is 18.0 Å². The van der Waals surface area contributed by atoms with Gasteiger partial charge in [0.25, 0.3) is 5.91 Å². The number of benzene rings is 1. The van der Waals surface area contributed by atoms with E-state index >= 15 is 0 Å². The van der Waals surface area contributed by atoms with Gasteiger partial charge in [-0.05, 0) is 36.4 Å². The second-order valence-corrected chi connectivity index (χ2v) is 5.12. The fourth-order valence-corrected chi connectivity index (χ4v) is 2.09. The molecule has 128 valence electrons. The van der Waals surface area contributed by atoms with Crippen LogP contribution in [-0.4, -0.2) is 25.9 Å². The van der Waals surface area contributed by atoms with E-state index in [2.05, 4.69) is 20.6 Å². The van der Waals surface area contributed by atoms with Crippen LogP contribution in [0.15, 0.2) is 55.0 Å². The zero-order valence-electron chi connectivity index (χ0n) is 12.7. The number of hydrogen-bond donors (Lipinski definition) is 1. The van der Waals surface area contributed by atoms with Gasteiger partial charge in [-0.1, -0.05) is 5.21 Å². The summed E-state index contributed by atoms with van der Waals surface area (Å²) in [5, 5.41) is 10.5. The zero-order chi connectivity index (χ0) is 17.9. The van der Waals surface area contributed by atoms with E-state index in [9.17, 15) is 18.0 Å². The van der Waals surface area contributed by atoms with Gasteiger partial charge in [0.15, 0.2) is 0 Å². The van der Waals surface area contributed by atoms with Crippen LogP contribution in [0.4, 0.5) is 13.2 Å². The first-order valence-electron chi connectivity index (χ1n) is 7.20. The van der Waals surface area contributed by atoms with Gasteiger partial charge < -0.3 is 5.32 Å². The van der Waals surface area contributed by atoms with Crippen molar-refractivity contribution < 1.29 is 18.0 Å². The third kappa shape index (κ3) is 4.00. The van der Waals surface area contributed by atoms with E-state index in [1.807, 2.05) is 0 Å². The zero-order valence-corrected chi connectivity index (χ0v) is 12.7. The van der Waals surface area contributed by atoms with E-state index in [0.717, 1.165) is 30.0 Å². The lowest BCUT2D eigenvalue weighted by molar-refractivity contribution is -0.137. The second-order valence-electron chi connectivity index (χ2n) is 5.12. The van der Waals surface area contributed by atoms with E-state index < -0.39 is 17.6 Å². The molecule has 0 aliphatic heterocycles. The first kappa shape index (κ1) is 16.6. The Hall–Kier alpha value is -3.23. The van der Waals surface area contributed by atoms with Gasteiger partial charge in [-0.15, -0.1) is 5.10 Å². The molecule has 25 heavy (non-hydrogen) atoms. The Morgan fingerprint density at radius 2 is 1.76 bits per heavy atom. The molecule has 1 aromatic carbocycles. The van der Waals surface area contributed by atoms with Crippen molar-refractivity contribution in [1.29, 1.82) is 0 Å². The molecule has 0 bridgehead atoms. The summed E-state index contributed by atoms with van der Waals surface area (Å²) in [7, 11) is 0. The molecule has 9 heteroatoms. The number of aromatic nitrogens is 4. The molecule has 0 saturated heterocycles. The molecule has 0 fully saturated rings. The third-order valence-corrected chi connectivity index (χ3v) is 3.37. The fourth-order valence-electron chi connectivity index (χ4n) is 2.09. The lowest BCUT2D eigenvalue weighted by Gasteiger charge is -2.07. The highest BCUT2D eigenvalue weighted by Crippen LogP contribution is 2.29. The lowest BCUT2D eigenvalue weighted by Crippen LogP contribution is -2.23. The summed E-state index contributed by atoms with van der Waals surface area (Å²) in [5.41, 5.74) is 0.610. The van der Waals surface area contributed by atoms with Gasteiger partial charge in [0.2, 0.25) is 0 Å². The maximum atomic E-state index is 12.5. The molecule has 0 saturated carbocycles. The molecule has 0 aliphatic rings. The summed E-state index contributed by atoms with van der Waals surface area (Å²) < 4.78 is 39.1. The smallest absolute Gasteiger partial charge is 0.346 e. The average Bonchev–Trinajstić information content (AvgIpc) is 3.09. The van der Waals surface area contributed by atoms with Crippen molar-refractivity contribution in [3.8, 4) is 5.69 Å². The minimum atomic E-state index is -4.43. The van der Waals surface area contributed by atoms with Crippen molar-refractivity contribution in [2.75, 3.05) is 0 Å². The van der Waals surface area contributed by atoms with E-state index in [4.69, 9.17) is 0 Å². The molecule has 3 rings (SSSR count).